The van der Waals surface area contributed by atoms with Gasteiger partial charge in [0, 0.05) is 12.1 Å². The van der Waals surface area contributed by atoms with Gasteiger partial charge in [0.15, 0.2) is 0 Å². The van der Waals surface area contributed by atoms with E-state index in [4.69, 9.17) is 5.73 Å². The quantitative estimate of drug-likeness (QED) is 0.847. The van der Waals surface area contributed by atoms with Crippen molar-refractivity contribution in [1.82, 2.24) is 14.8 Å². The second-order valence-corrected chi connectivity index (χ2v) is 4.67. The molecule has 1 heterocycles. The van der Waals surface area contributed by atoms with E-state index in [2.05, 4.69) is 33.8 Å². The summed E-state index contributed by atoms with van der Waals surface area (Å²) in [4.78, 5) is 0. The van der Waals surface area contributed by atoms with Gasteiger partial charge in [-0.15, -0.1) is 10.2 Å². The SMILES string of the molecule is CC(CCN)CCc1nncn1-c1ccccc1. The molecule has 1 unspecified atom stereocenters. The van der Waals surface area contributed by atoms with E-state index in [1.165, 1.54) is 0 Å². The summed E-state index contributed by atoms with van der Waals surface area (Å²) in [5.74, 6) is 1.65. The van der Waals surface area contributed by atoms with Crippen LogP contribution in [0.2, 0.25) is 0 Å². The maximum absolute atomic E-state index is 5.57. The first-order valence-electron chi connectivity index (χ1n) is 6.45. The third kappa shape index (κ3) is 3.17. The monoisotopic (exact) mass is 244 g/mol. The van der Waals surface area contributed by atoms with Crippen molar-refractivity contribution < 1.29 is 0 Å². The fourth-order valence-corrected chi connectivity index (χ4v) is 2.04. The molecule has 0 aliphatic heterocycles. The van der Waals surface area contributed by atoms with Crippen LogP contribution in [-0.4, -0.2) is 21.3 Å². The summed E-state index contributed by atoms with van der Waals surface area (Å²) in [7, 11) is 0. The van der Waals surface area contributed by atoms with Crippen molar-refractivity contribution in [3.05, 3.63) is 42.5 Å². The molecule has 0 aliphatic carbocycles. The lowest BCUT2D eigenvalue weighted by Gasteiger charge is -2.10. The Hall–Kier alpha value is -1.68. The van der Waals surface area contributed by atoms with Crippen LogP contribution >= 0.6 is 0 Å². The Kier molecular flexibility index (Phi) is 4.47. The highest BCUT2D eigenvalue weighted by Crippen LogP contribution is 2.14. The summed E-state index contributed by atoms with van der Waals surface area (Å²) in [6.07, 6.45) is 4.89. The molecular weight excluding hydrogens is 224 g/mol. The molecule has 1 aromatic carbocycles. The van der Waals surface area contributed by atoms with Crippen LogP contribution in [0, 0.1) is 5.92 Å². The number of nitrogens with zero attached hydrogens (tertiary/aromatic N) is 3. The lowest BCUT2D eigenvalue weighted by molar-refractivity contribution is 0.491. The Morgan fingerprint density at radius 3 is 2.72 bits per heavy atom. The van der Waals surface area contributed by atoms with Gasteiger partial charge in [-0.1, -0.05) is 25.1 Å². The van der Waals surface area contributed by atoms with Gasteiger partial charge in [0.25, 0.3) is 0 Å². The Balaban J connectivity index is 2.05. The Morgan fingerprint density at radius 1 is 1.22 bits per heavy atom. The Bertz CT molecular complexity index is 464. The molecule has 18 heavy (non-hydrogen) atoms. The highest BCUT2D eigenvalue weighted by atomic mass is 15.3. The molecule has 0 aliphatic rings. The van der Waals surface area contributed by atoms with Gasteiger partial charge in [-0.2, -0.15) is 0 Å². The van der Waals surface area contributed by atoms with E-state index in [1.54, 1.807) is 6.33 Å². The summed E-state index contributed by atoms with van der Waals surface area (Å²) in [5, 5.41) is 8.22. The van der Waals surface area contributed by atoms with Gasteiger partial charge < -0.3 is 5.73 Å². The molecule has 2 aromatic rings. The molecule has 0 bridgehead atoms. The maximum Gasteiger partial charge on any atom is 0.137 e. The number of aryl methyl sites for hydroxylation is 1. The average Bonchev–Trinajstić information content (AvgIpc) is 2.86. The van der Waals surface area contributed by atoms with Crippen molar-refractivity contribution in [3.63, 3.8) is 0 Å². The smallest absolute Gasteiger partial charge is 0.137 e. The Labute approximate surface area is 108 Å². The van der Waals surface area contributed by atoms with Crippen molar-refractivity contribution in [2.24, 2.45) is 11.7 Å². The lowest BCUT2D eigenvalue weighted by Crippen LogP contribution is -2.08. The minimum Gasteiger partial charge on any atom is -0.330 e. The van der Waals surface area contributed by atoms with Gasteiger partial charge in [-0.3, -0.25) is 4.57 Å². The third-order valence-corrected chi connectivity index (χ3v) is 3.17. The van der Waals surface area contributed by atoms with Gasteiger partial charge in [-0.05, 0) is 37.4 Å². The first kappa shape index (κ1) is 12.8. The predicted molar refractivity (Wildman–Crippen MR) is 72.5 cm³/mol. The molecule has 0 saturated heterocycles. The molecule has 4 heteroatoms. The van der Waals surface area contributed by atoms with Crippen LogP contribution in [0.3, 0.4) is 0 Å². The maximum atomic E-state index is 5.57. The highest BCUT2D eigenvalue weighted by Gasteiger charge is 2.08. The molecule has 1 atom stereocenters. The molecule has 2 rings (SSSR count). The standard InChI is InChI=1S/C14H20N4/c1-12(9-10-15)7-8-14-17-16-11-18(14)13-5-3-2-4-6-13/h2-6,11-12H,7-10,15H2,1H3. The number of nitrogens with two attached hydrogens (primary N) is 1. The van der Waals surface area contributed by atoms with E-state index in [1.807, 2.05) is 18.2 Å². The van der Waals surface area contributed by atoms with Gasteiger partial charge in [-0.25, -0.2) is 0 Å². The predicted octanol–water partition coefficient (Wildman–Crippen LogP) is 2.18. The summed E-state index contributed by atoms with van der Waals surface area (Å²) in [6, 6.07) is 10.2. The van der Waals surface area contributed by atoms with Crippen LogP contribution in [0.25, 0.3) is 5.69 Å². The van der Waals surface area contributed by atoms with Gasteiger partial charge in [0.05, 0.1) is 0 Å². The number of para-hydroxylation sites is 1. The molecule has 4 nitrogen and oxygen atoms in total. The largest absolute Gasteiger partial charge is 0.330 e. The van der Waals surface area contributed by atoms with Crippen LogP contribution in [0.15, 0.2) is 36.7 Å². The zero-order valence-electron chi connectivity index (χ0n) is 10.8. The molecular formula is C14H20N4. The van der Waals surface area contributed by atoms with E-state index in [-0.39, 0.29) is 0 Å². The molecule has 0 spiro atoms. The topological polar surface area (TPSA) is 56.7 Å². The van der Waals surface area contributed by atoms with E-state index in [0.717, 1.165) is 37.3 Å². The molecule has 2 N–H and O–H groups in total. The van der Waals surface area contributed by atoms with Crippen molar-refractivity contribution in [1.29, 1.82) is 0 Å². The van der Waals surface area contributed by atoms with Crippen LogP contribution < -0.4 is 5.73 Å². The van der Waals surface area contributed by atoms with Crippen molar-refractivity contribution in [2.45, 2.75) is 26.2 Å². The second-order valence-electron chi connectivity index (χ2n) is 4.67. The van der Waals surface area contributed by atoms with E-state index >= 15 is 0 Å². The van der Waals surface area contributed by atoms with Gasteiger partial charge in [0.1, 0.15) is 12.2 Å². The molecule has 96 valence electrons. The molecule has 0 saturated carbocycles. The fourth-order valence-electron chi connectivity index (χ4n) is 2.04. The number of benzene rings is 1. The zero-order chi connectivity index (χ0) is 12.8. The zero-order valence-corrected chi connectivity index (χ0v) is 10.8. The number of hydrogen-bond donors (Lipinski definition) is 1. The second kappa shape index (κ2) is 6.31. The van der Waals surface area contributed by atoms with Crippen LogP contribution in [0.1, 0.15) is 25.6 Å². The van der Waals surface area contributed by atoms with Crippen molar-refractivity contribution >= 4 is 0 Å². The molecule has 0 radical (unpaired) electrons. The first-order chi connectivity index (χ1) is 8.81. The van der Waals surface area contributed by atoms with E-state index in [9.17, 15) is 0 Å². The number of hydrogen-bond acceptors (Lipinski definition) is 3. The van der Waals surface area contributed by atoms with E-state index in [0.29, 0.717) is 5.92 Å². The molecule has 1 aromatic heterocycles. The van der Waals surface area contributed by atoms with Crippen molar-refractivity contribution in [2.75, 3.05) is 6.54 Å². The lowest BCUT2D eigenvalue weighted by atomic mass is 10.0. The minimum absolute atomic E-state index is 0.635. The summed E-state index contributed by atoms with van der Waals surface area (Å²) < 4.78 is 2.05. The van der Waals surface area contributed by atoms with Gasteiger partial charge in [0.2, 0.25) is 0 Å². The minimum atomic E-state index is 0.635. The summed E-state index contributed by atoms with van der Waals surface area (Å²) in [6.45, 7) is 2.99. The average molecular weight is 244 g/mol. The first-order valence-corrected chi connectivity index (χ1v) is 6.45. The number of aromatic nitrogens is 3. The van der Waals surface area contributed by atoms with Crippen LogP contribution in [0.4, 0.5) is 0 Å². The molecule has 0 fully saturated rings. The normalized spacial score (nSPS) is 12.6. The highest BCUT2D eigenvalue weighted by molar-refractivity contribution is 5.31. The fraction of sp³-hybridized carbons (Fsp3) is 0.429. The summed E-state index contributed by atoms with van der Waals surface area (Å²) in [5.41, 5.74) is 6.68. The van der Waals surface area contributed by atoms with E-state index < -0.39 is 0 Å². The summed E-state index contributed by atoms with van der Waals surface area (Å²) >= 11 is 0. The van der Waals surface area contributed by atoms with Crippen LogP contribution in [0.5, 0.6) is 0 Å². The van der Waals surface area contributed by atoms with Gasteiger partial charge >= 0.3 is 0 Å². The van der Waals surface area contributed by atoms with Crippen LogP contribution in [-0.2, 0) is 6.42 Å². The third-order valence-electron chi connectivity index (χ3n) is 3.17. The van der Waals surface area contributed by atoms with Crippen molar-refractivity contribution in [3.8, 4) is 5.69 Å². The Morgan fingerprint density at radius 2 is 2.00 bits per heavy atom. The molecule has 0 amide bonds. The number of rotatable bonds is 6.